The highest BCUT2D eigenvalue weighted by Gasteiger charge is 2.21. The Morgan fingerprint density at radius 2 is 2.14 bits per heavy atom. The number of hydrogen-bond donors (Lipinski definition) is 1. The molecule has 14 heavy (non-hydrogen) atoms. The molecular formula is C12H17NO. The van der Waals surface area contributed by atoms with Crippen molar-refractivity contribution < 1.29 is 5.11 Å². The van der Waals surface area contributed by atoms with E-state index in [4.69, 9.17) is 0 Å². The second kappa shape index (κ2) is 3.52. The molecule has 0 saturated carbocycles. The highest BCUT2D eigenvalue weighted by molar-refractivity contribution is 5.65. The minimum absolute atomic E-state index is 0.427. The van der Waals surface area contributed by atoms with Gasteiger partial charge in [0, 0.05) is 12.6 Å². The summed E-state index contributed by atoms with van der Waals surface area (Å²) in [7, 11) is 0. The van der Waals surface area contributed by atoms with Gasteiger partial charge in [-0.15, -0.1) is 0 Å². The molecule has 1 aromatic carbocycles. The largest absolute Gasteiger partial charge is 0.506 e. The van der Waals surface area contributed by atoms with E-state index in [1.54, 1.807) is 6.07 Å². The van der Waals surface area contributed by atoms with Crippen LogP contribution in [0, 0.1) is 0 Å². The van der Waals surface area contributed by atoms with Crippen LogP contribution in [0.25, 0.3) is 0 Å². The summed E-state index contributed by atoms with van der Waals surface area (Å²) >= 11 is 0. The van der Waals surface area contributed by atoms with E-state index in [2.05, 4.69) is 24.8 Å². The molecule has 2 nitrogen and oxygen atoms in total. The highest BCUT2D eigenvalue weighted by Crippen LogP contribution is 2.36. The Bertz CT molecular complexity index is 333. The maximum absolute atomic E-state index is 9.83. The summed E-state index contributed by atoms with van der Waals surface area (Å²) in [6.07, 6.45) is 2.28. The van der Waals surface area contributed by atoms with Crippen LogP contribution in [-0.4, -0.2) is 17.7 Å². The Hall–Kier alpha value is -1.18. The van der Waals surface area contributed by atoms with Crippen LogP contribution in [0.2, 0.25) is 0 Å². The molecule has 1 aromatic rings. The number of phenols is 1. The number of anilines is 1. The Morgan fingerprint density at radius 3 is 2.86 bits per heavy atom. The number of fused-ring (bicyclic) bond motifs is 1. The normalized spacial score (nSPS) is 15.8. The lowest BCUT2D eigenvalue weighted by atomic mass is 10.00. The van der Waals surface area contributed by atoms with E-state index in [-0.39, 0.29) is 0 Å². The summed E-state index contributed by atoms with van der Waals surface area (Å²) < 4.78 is 0. The molecule has 0 fully saturated rings. The molecule has 0 aromatic heterocycles. The Balaban J connectivity index is 2.47. The zero-order valence-corrected chi connectivity index (χ0v) is 8.83. The average molecular weight is 191 g/mol. The lowest BCUT2D eigenvalue weighted by Crippen LogP contribution is -2.35. The van der Waals surface area contributed by atoms with Crippen molar-refractivity contribution in [3.63, 3.8) is 0 Å². The minimum atomic E-state index is 0.427. The number of hydrogen-bond acceptors (Lipinski definition) is 2. The summed E-state index contributed by atoms with van der Waals surface area (Å²) in [5, 5.41) is 9.83. The van der Waals surface area contributed by atoms with Crippen molar-refractivity contribution in [1.82, 2.24) is 0 Å². The van der Waals surface area contributed by atoms with Gasteiger partial charge in [0.15, 0.2) is 0 Å². The van der Waals surface area contributed by atoms with Gasteiger partial charge in [-0.3, -0.25) is 0 Å². The van der Waals surface area contributed by atoms with E-state index in [9.17, 15) is 5.11 Å². The molecule has 1 heterocycles. The lowest BCUT2D eigenvalue weighted by molar-refractivity contribution is 0.467. The first kappa shape index (κ1) is 9.38. The SMILES string of the molecule is CC(C)N1CCCc2cccc(O)c21. The molecule has 76 valence electrons. The van der Waals surface area contributed by atoms with Crippen LogP contribution < -0.4 is 4.90 Å². The predicted molar refractivity (Wildman–Crippen MR) is 58.9 cm³/mol. The van der Waals surface area contributed by atoms with Crippen molar-refractivity contribution in [3.05, 3.63) is 23.8 Å². The number of benzene rings is 1. The zero-order chi connectivity index (χ0) is 10.1. The quantitative estimate of drug-likeness (QED) is 0.737. The molecule has 2 rings (SSSR count). The molecule has 0 atom stereocenters. The maximum atomic E-state index is 9.83. The molecule has 0 bridgehead atoms. The third-order valence-electron chi connectivity index (χ3n) is 2.85. The fraction of sp³-hybridized carbons (Fsp3) is 0.500. The lowest BCUT2D eigenvalue weighted by Gasteiger charge is -2.35. The van der Waals surface area contributed by atoms with Gasteiger partial charge in [0.2, 0.25) is 0 Å². The third-order valence-corrected chi connectivity index (χ3v) is 2.85. The number of nitrogens with zero attached hydrogens (tertiary/aromatic N) is 1. The maximum Gasteiger partial charge on any atom is 0.139 e. The van der Waals surface area contributed by atoms with Gasteiger partial charge in [0.25, 0.3) is 0 Å². The molecule has 0 amide bonds. The van der Waals surface area contributed by atoms with Crippen LogP contribution in [-0.2, 0) is 6.42 Å². The second-order valence-electron chi connectivity index (χ2n) is 4.18. The van der Waals surface area contributed by atoms with Gasteiger partial charge in [0.1, 0.15) is 5.75 Å². The van der Waals surface area contributed by atoms with Crippen LogP contribution in [0.5, 0.6) is 5.75 Å². The van der Waals surface area contributed by atoms with Gasteiger partial charge < -0.3 is 10.0 Å². The van der Waals surface area contributed by atoms with E-state index in [1.165, 1.54) is 12.0 Å². The van der Waals surface area contributed by atoms with Crippen LogP contribution >= 0.6 is 0 Å². The average Bonchev–Trinajstić information content (AvgIpc) is 2.17. The Labute approximate surface area is 85.2 Å². The first-order chi connectivity index (χ1) is 6.70. The van der Waals surface area contributed by atoms with E-state index in [1.807, 2.05) is 6.07 Å². The molecule has 1 aliphatic rings. The van der Waals surface area contributed by atoms with Gasteiger partial charge in [-0.05, 0) is 38.3 Å². The Morgan fingerprint density at radius 1 is 1.36 bits per heavy atom. The van der Waals surface area contributed by atoms with Crippen LogP contribution in [0.1, 0.15) is 25.8 Å². The third kappa shape index (κ3) is 1.45. The second-order valence-corrected chi connectivity index (χ2v) is 4.18. The van der Waals surface area contributed by atoms with Crippen LogP contribution in [0.15, 0.2) is 18.2 Å². The van der Waals surface area contributed by atoms with E-state index in [0.29, 0.717) is 11.8 Å². The number of para-hydroxylation sites is 1. The number of aromatic hydroxyl groups is 1. The van der Waals surface area contributed by atoms with Crippen LogP contribution in [0.3, 0.4) is 0 Å². The molecule has 1 N–H and O–H groups in total. The molecule has 2 heteroatoms. The molecule has 1 aliphatic heterocycles. The monoisotopic (exact) mass is 191 g/mol. The zero-order valence-electron chi connectivity index (χ0n) is 8.83. The minimum Gasteiger partial charge on any atom is -0.506 e. The van der Waals surface area contributed by atoms with Gasteiger partial charge >= 0.3 is 0 Å². The van der Waals surface area contributed by atoms with Gasteiger partial charge in [0.05, 0.1) is 5.69 Å². The molecule has 0 saturated heterocycles. The smallest absolute Gasteiger partial charge is 0.139 e. The van der Waals surface area contributed by atoms with E-state index < -0.39 is 0 Å². The van der Waals surface area contributed by atoms with Gasteiger partial charge in [-0.2, -0.15) is 0 Å². The van der Waals surface area contributed by atoms with Crippen molar-refractivity contribution in [2.45, 2.75) is 32.7 Å². The summed E-state index contributed by atoms with van der Waals surface area (Å²) in [4.78, 5) is 2.29. The molecular weight excluding hydrogens is 174 g/mol. The number of phenolic OH excluding ortho intramolecular Hbond substituents is 1. The highest BCUT2D eigenvalue weighted by atomic mass is 16.3. The van der Waals surface area contributed by atoms with E-state index >= 15 is 0 Å². The first-order valence-corrected chi connectivity index (χ1v) is 5.27. The summed E-state index contributed by atoms with van der Waals surface area (Å²) in [6.45, 7) is 5.39. The predicted octanol–water partition coefficient (Wildman–Crippen LogP) is 2.55. The standard InChI is InChI=1S/C12H17NO/c1-9(2)13-8-4-6-10-5-3-7-11(14)12(10)13/h3,5,7,9,14H,4,6,8H2,1-2H3. The number of aryl methyl sites for hydroxylation is 1. The van der Waals surface area contributed by atoms with Crippen LogP contribution in [0.4, 0.5) is 5.69 Å². The number of rotatable bonds is 1. The van der Waals surface area contributed by atoms with Crippen molar-refractivity contribution in [2.24, 2.45) is 0 Å². The molecule has 0 aliphatic carbocycles. The van der Waals surface area contributed by atoms with Gasteiger partial charge in [-0.1, -0.05) is 12.1 Å². The summed E-state index contributed by atoms with van der Waals surface area (Å²) in [5.41, 5.74) is 2.33. The molecule has 0 spiro atoms. The first-order valence-electron chi connectivity index (χ1n) is 5.27. The van der Waals surface area contributed by atoms with Gasteiger partial charge in [-0.25, -0.2) is 0 Å². The van der Waals surface area contributed by atoms with Crippen molar-refractivity contribution in [2.75, 3.05) is 11.4 Å². The fourth-order valence-corrected chi connectivity index (χ4v) is 2.18. The summed E-state index contributed by atoms with van der Waals surface area (Å²) in [6, 6.07) is 6.28. The fourth-order valence-electron chi connectivity index (χ4n) is 2.18. The van der Waals surface area contributed by atoms with Crippen molar-refractivity contribution in [1.29, 1.82) is 0 Å². The molecule has 0 unspecified atom stereocenters. The molecule has 0 radical (unpaired) electrons. The van der Waals surface area contributed by atoms with Crippen molar-refractivity contribution in [3.8, 4) is 5.75 Å². The summed E-state index contributed by atoms with van der Waals surface area (Å²) in [5.74, 6) is 0.427. The van der Waals surface area contributed by atoms with E-state index in [0.717, 1.165) is 18.7 Å². The van der Waals surface area contributed by atoms with Crippen molar-refractivity contribution >= 4 is 5.69 Å². The Kier molecular flexibility index (Phi) is 2.36. The topological polar surface area (TPSA) is 23.5 Å².